The molecule has 3 nitrogen and oxygen atoms in total. The van der Waals surface area contributed by atoms with Crippen molar-refractivity contribution in [2.45, 2.75) is 45.7 Å². The van der Waals surface area contributed by atoms with E-state index in [9.17, 15) is 0 Å². The Morgan fingerprint density at radius 1 is 1.33 bits per heavy atom. The molecule has 1 aromatic carbocycles. The smallest absolute Gasteiger partial charge is 0.119 e. The third kappa shape index (κ3) is 3.78. The Hall–Kier alpha value is -1.06. The molecule has 0 bridgehead atoms. The van der Waals surface area contributed by atoms with Crippen molar-refractivity contribution in [3.8, 4) is 5.75 Å². The minimum atomic E-state index is 0.321. The lowest BCUT2D eigenvalue weighted by atomic mass is 9.82. The number of ether oxygens (including phenoxy) is 1. The molecule has 0 heterocycles. The zero-order valence-corrected chi connectivity index (χ0v) is 14.4. The maximum absolute atomic E-state index is 5.41. The van der Waals surface area contributed by atoms with Crippen LogP contribution >= 0.6 is 0 Å². The summed E-state index contributed by atoms with van der Waals surface area (Å²) in [5.41, 5.74) is 3.17. The molecule has 0 fully saturated rings. The Labute approximate surface area is 129 Å². The first-order chi connectivity index (χ1) is 9.85. The first kappa shape index (κ1) is 16.3. The van der Waals surface area contributed by atoms with Crippen LogP contribution in [0.5, 0.6) is 5.75 Å². The normalized spacial score (nSPS) is 22.2. The summed E-state index contributed by atoms with van der Waals surface area (Å²) in [7, 11) is 6.06. The summed E-state index contributed by atoms with van der Waals surface area (Å²) < 4.78 is 5.41. The summed E-state index contributed by atoms with van der Waals surface area (Å²) in [6, 6.07) is 7.40. The van der Waals surface area contributed by atoms with Crippen molar-refractivity contribution in [2.24, 2.45) is 5.41 Å². The molecule has 0 saturated heterocycles. The highest BCUT2D eigenvalue weighted by Crippen LogP contribution is 2.35. The van der Waals surface area contributed by atoms with Crippen LogP contribution in [0.3, 0.4) is 0 Å². The molecule has 0 spiro atoms. The van der Waals surface area contributed by atoms with Gasteiger partial charge in [-0.3, -0.25) is 0 Å². The molecule has 0 amide bonds. The Balaban J connectivity index is 2.26. The van der Waals surface area contributed by atoms with E-state index in [2.05, 4.69) is 63.3 Å². The van der Waals surface area contributed by atoms with Crippen molar-refractivity contribution in [1.29, 1.82) is 0 Å². The van der Waals surface area contributed by atoms with Gasteiger partial charge in [-0.05, 0) is 55.6 Å². The molecule has 2 atom stereocenters. The number of nitrogens with one attached hydrogen (secondary N) is 1. The highest BCUT2D eigenvalue weighted by molar-refractivity contribution is 5.40. The number of fused-ring (bicyclic) bond motifs is 1. The van der Waals surface area contributed by atoms with E-state index in [1.807, 2.05) is 0 Å². The maximum atomic E-state index is 5.41. The molecule has 0 aliphatic heterocycles. The van der Waals surface area contributed by atoms with Crippen LogP contribution in [0, 0.1) is 5.41 Å². The van der Waals surface area contributed by atoms with Gasteiger partial charge in [0.15, 0.2) is 0 Å². The number of methoxy groups -OCH3 is 1. The monoisotopic (exact) mass is 290 g/mol. The summed E-state index contributed by atoms with van der Waals surface area (Å²) in [6.45, 7) is 8.02. The van der Waals surface area contributed by atoms with E-state index in [0.29, 0.717) is 17.5 Å². The van der Waals surface area contributed by atoms with Crippen LogP contribution in [0.1, 0.15) is 44.4 Å². The van der Waals surface area contributed by atoms with E-state index < -0.39 is 0 Å². The second-order valence-electron chi connectivity index (χ2n) is 7.41. The molecule has 21 heavy (non-hydrogen) atoms. The van der Waals surface area contributed by atoms with Crippen LogP contribution in [0.15, 0.2) is 18.2 Å². The van der Waals surface area contributed by atoms with E-state index in [4.69, 9.17) is 4.74 Å². The Kier molecular flexibility index (Phi) is 4.95. The van der Waals surface area contributed by atoms with Crippen molar-refractivity contribution in [3.63, 3.8) is 0 Å². The van der Waals surface area contributed by atoms with E-state index in [1.54, 1.807) is 7.11 Å². The molecule has 1 N–H and O–H groups in total. The fourth-order valence-electron chi connectivity index (χ4n) is 3.58. The van der Waals surface area contributed by atoms with Gasteiger partial charge in [-0.2, -0.15) is 0 Å². The van der Waals surface area contributed by atoms with Crippen molar-refractivity contribution < 1.29 is 4.74 Å². The molecule has 2 rings (SSSR count). The second kappa shape index (κ2) is 6.37. The van der Waals surface area contributed by atoms with Gasteiger partial charge >= 0.3 is 0 Å². The zero-order valence-electron chi connectivity index (χ0n) is 14.4. The largest absolute Gasteiger partial charge is 0.497 e. The predicted molar refractivity (Wildman–Crippen MR) is 89.0 cm³/mol. The van der Waals surface area contributed by atoms with Crippen LogP contribution in [0.25, 0.3) is 0 Å². The van der Waals surface area contributed by atoms with E-state index in [-0.39, 0.29) is 0 Å². The SMILES string of the molecule is CNC1c2cc(OC)ccc2CCC1N(C)CC(C)(C)C. The van der Waals surface area contributed by atoms with Crippen molar-refractivity contribution in [2.75, 3.05) is 27.7 Å². The van der Waals surface area contributed by atoms with E-state index in [0.717, 1.165) is 18.7 Å². The fourth-order valence-corrected chi connectivity index (χ4v) is 3.58. The first-order valence-corrected chi connectivity index (χ1v) is 7.90. The molecule has 1 aliphatic carbocycles. The zero-order chi connectivity index (χ0) is 15.6. The summed E-state index contributed by atoms with van der Waals surface area (Å²) in [5, 5.41) is 3.53. The van der Waals surface area contributed by atoms with Gasteiger partial charge in [0.2, 0.25) is 0 Å². The summed E-state index contributed by atoms with van der Waals surface area (Å²) in [4.78, 5) is 2.52. The molecule has 0 aromatic heterocycles. The molecule has 118 valence electrons. The molecule has 0 radical (unpaired) electrons. The summed E-state index contributed by atoms with van der Waals surface area (Å²) in [6.07, 6.45) is 2.36. The van der Waals surface area contributed by atoms with Crippen LogP contribution in [0.4, 0.5) is 0 Å². The number of aryl methyl sites for hydroxylation is 1. The van der Waals surface area contributed by atoms with Gasteiger partial charge in [0, 0.05) is 18.6 Å². The lowest BCUT2D eigenvalue weighted by molar-refractivity contribution is 0.130. The van der Waals surface area contributed by atoms with Crippen molar-refractivity contribution in [1.82, 2.24) is 10.2 Å². The number of benzene rings is 1. The van der Waals surface area contributed by atoms with Gasteiger partial charge in [0.05, 0.1) is 7.11 Å². The maximum Gasteiger partial charge on any atom is 0.119 e. The fraction of sp³-hybridized carbons (Fsp3) is 0.667. The van der Waals surface area contributed by atoms with Gasteiger partial charge < -0.3 is 15.0 Å². The van der Waals surface area contributed by atoms with Crippen molar-refractivity contribution >= 4 is 0 Å². The van der Waals surface area contributed by atoms with Gasteiger partial charge in [-0.25, -0.2) is 0 Å². The standard InChI is InChI=1S/C18H30N2O/c1-18(2,3)12-20(5)16-10-8-13-7-9-14(21-6)11-15(13)17(16)19-4/h7,9,11,16-17,19H,8,10,12H2,1-6H3. The van der Waals surface area contributed by atoms with Crippen LogP contribution in [0.2, 0.25) is 0 Å². The number of hydrogen-bond donors (Lipinski definition) is 1. The Morgan fingerprint density at radius 2 is 2.05 bits per heavy atom. The Bertz CT molecular complexity index is 479. The van der Waals surface area contributed by atoms with E-state index in [1.165, 1.54) is 17.5 Å². The molecule has 3 heteroatoms. The minimum absolute atomic E-state index is 0.321. The molecule has 2 unspecified atom stereocenters. The molecular weight excluding hydrogens is 260 g/mol. The quantitative estimate of drug-likeness (QED) is 0.921. The number of likely N-dealkylation sites (N-methyl/N-ethyl adjacent to an activating group) is 2. The van der Waals surface area contributed by atoms with Crippen LogP contribution in [-0.4, -0.2) is 38.7 Å². The lowest BCUT2D eigenvalue weighted by Crippen LogP contribution is -2.47. The number of nitrogens with zero attached hydrogens (tertiary/aromatic N) is 1. The Morgan fingerprint density at radius 3 is 2.62 bits per heavy atom. The van der Waals surface area contributed by atoms with Gasteiger partial charge in [-0.15, -0.1) is 0 Å². The second-order valence-corrected chi connectivity index (χ2v) is 7.41. The third-order valence-electron chi connectivity index (χ3n) is 4.38. The highest BCUT2D eigenvalue weighted by Gasteiger charge is 2.32. The molecular formula is C18H30N2O. The lowest BCUT2D eigenvalue weighted by Gasteiger charge is -2.41. The highest BCUT2D eigenvalue weighted by atomic mass is 16.5. The van der Waals surface area contributed by atoms with Gasteiger partial charge in [-0.1, -0.05) is 26.8 Å². The topological polar surface area (TPSA) is 24.5 Å². The van der Waals surface area contributed by atoms with Crippen molar-refractivity contribution in [3.05, 3.63) is 29.3 Å². The molecule has 1 aliphatic rings. The first-order valence-electron chi connectivity index (χ1n) is 7.90. The van der Waals surface area contributed by atoms with Crippen LogP contribution < -0.4 is 10.1 Å². The van der Waals surface area contributed by atoms with Gasteiger partial charge in [0.25, 0.3) is 0 Å². The average molecular weight is 290 g/mol. The molecule has 1 aromatic rings. The predicted octanol–water partition coefficient (Wildman–Crippen LogP) is 3.25. The number of hydrogen-bond acceptors (Lipinski definition) is 3. The summed E-state index contributed by atoms with van der Waals surface area (Å²) >= 11 is 0. The van der Waals surface area contributed by atoms with E-state index >= 15 is 0 Å². The number of rotatable bonds is 4. The molecule has 0 saturated carbocycles. The van der Waals surface area contributed by atoms with Crippen LogP contribution in [-0.2, 0) is 6.42 Å². The minimum Gasteiger partial charge on any atom is -0.497 e. The average Bonchev–Trinajstić information content (AvgIpc) is 2.43. The van der Waals surface area contributed by atoms with Gasteiger partial charge in [0.1, 0.15) is 5.75 Å². The summed E-state index contributed by atoms with van der Waals surface area (Å²) in [5.74, 6) is 0.952. The third-order valence-corrected chi connectivity index (χ3v) is 4.38.